The van der Waals surface area contributed by atoms with Crippen molar-refractivity contribution < 1.29 is 0 Å². The summed E-state index contributed by atoms with van der Waals surface area (Å²) in [5.74, 6) is 1.00. The lowest BCUT2D eigenvalue weighted by atomic mass is 9.84. The molecule has 0 aliphatic heterocycles. The second kappa shape index (κ2) is 5.84. The Balaban J connectivity index is 0.000001000. The Hall–Kier alpha value is 0.250. The summed E-state index contributed by atoms with van der Waals surface area (Å²) < 4.78 is 0. The second-order valence-electron chi connectivity index (χ2n) is 3.57. The lowest BCUT2D eigenvalue weighted by molar-refractivity contribution is 0.309. The maximum atomic E-state index is 5.79. The van der Waals surface area contributed by atoms with E-state index in [2.05, 4.69) is 6.92 Å². The molecule has 1 rings (SSSR count). The molecule has 0 atom stereocenters. The van der Waals surface area contributed by atoms with Crippen molar-refractivity contribution in [3.05, 3.63) is 0 Å². The van der Waals surface area contributed by atoms with E-state index >= 15 is 0 Å². The van der Waals surface area contributed by atoms with Crippen molar-refractivity contribution in [2.24, 2.45) is 11.7 Å². The highest BCUT2D eigenvalue weighted by molar-refractivity contribution is 5.85. The minimum absolute atomic E-state index is 0. The van der Waals surface area contributed by atoms with Gasteiger partial charge in [0, 0.05) is 6.04 Å². The maximum Gasteiger partial charge on any atom is 0.00390 e. The Morgan fingerprint density at radius 2 is 1.73 bits per heavy atom. The fraction of sp³-hybridized carbons (Fsp3) is 1.00. The van der Waals surface area contributed by atoms with Crippen LogP contribution in [0.4, 0.5) is 0 Å². The van der Waals surface area contributed by atoms with Crippen molar-refractivity contribution >= 4 is 12.4 Å². The number of halogens is 1. The molecule has 0 saturated heterocycles. The van der Waals surface area contributed by atoms with E-state index in [9.17, 15) is 0 Å². The van der Waals surface area contributed by atoms with E-state index in [1.807, 2.05) is 0 Å². The Morgan fingerprint density at radius 1 is 1.18 bits per heavy atom. The fourth-order valence-electron chi connectivity index (χ4n) is 1.89. The Kier molecular flexibility index (Phi) is 5.98. The summed E-state index contributed by atoms with van der Waals surface area (Å²) in [4.78, 5) is 0. The molecule has 0 aromatic rings. The van der Waals surface area contributed by atoms with Crippen LogP contribution in [0.5, 0.6) is 0 Å². The lowest BCUT2D eigenvalue weighted by Gasteiger charge is -2.25. The van der Waals surface area contributed by atoms with Crippen molar-refractivity contribution in [3.8, 4) is 0 Å². The molecule has 0 radical (unpaired) electrons. The van der Waals surface area contributed by atoms with Gasteiger partial charge in [-0.15, -0.1) is 12.4 Å². The summed E-state index contributed by atoms with van der Waals surface area (Å²) in [6.45, 7) is 2.27. The standard InChI is InChI=1S/C9H19N.ClH/c1-2-3-8-4-6-9(10)7-5-8;/h8-9H,2-7,10H2,1H3;1H. The molecule has 1 saturated carbocycles. The van der Waals surface area contributed by atoms with Gasteiger partial charge < -0.3 is 5.73 Å². The van der Waals surface area contributed by atoms with Crippen molar-refractivity contribution in [2.45, 2.75) is 51.5 Å². The topological polar surface area (TPSA) is 26.0 Å². The Morgan fingerprint density at radius 3 is 2.18 bits per heavy atom. The predicted molar refractivity (Wildman–Crippen MR) is 52.1 cm³/mol. The first kappa shape index (κ1) is 11.2. The predicted octanol–water partition coefficient (Wildman–Crippen LogP) is 2.73. The lowest BCUT2D eigenvalue weighted by Crippen LogP contribution is -2.26. The zero-order valence-electron chi connectivity index (χ0n) is 7.38. The van der Waals surface area contributed by atoms with Crippen LogP contribution in [0.1, 0.15) is 45.4 Å². The number of hydrogen-bond donors (Lipinski definition) is 1. The number of rotatable bonds is 2. The molecular formula is C9H20ClN. The highest BCUT2D eigenvalue weighted by Gasteiger charge is 2.16. The van der Waals surface area contributed by atoms with Gasteiger partial charge in [-0.05, 0) is 31.6 Å². The summed E-state index contributed by atoms with van der Waals surface area (Å²) >= 11 is 0. The van der Waals surface area contributed by atoms with Crippen LogP contribution in [0.15, 0.2) is 0 Å². The molecule has 1 aliphatic rings. The normalized spacial score (nSPS) is 31.1. The molecule has 11 heavy (non-hydrogen) atoms. The van der Waals surface area contributed by atoms with Crippen molar-refractivity contribution in [1.82, 2.24) is 0 Å². The van der Waals surface area contributed by atoms with Gasteiger partial charge in [0.05, 0.1) is 0 Å². The average Bonchev–Trinajstić information content (AvgIpc) is 1.95. The Labute approximate surface area is 76.1 Å². The van der Waals surface area contributed by atoms with E-state index in [1.54, 1.807) is 0 Å². The van der Waals surface area contributed by atoms with E-state index in [-0.39, 0.29) is 12.4 Å². The maximum absolute atomic E-state index is 5.79. The van der Waals surface area contributed by atoms with Crippen LogP contribution >= 0.6 is 12.4 Å². The molecule has 0 bridgehead atoms. The van der Waals surface area contributed by atoms with E-state index in [0.29, 0.717) is 6.04 Å². The minimum atomic E-state index is 0. The zero-order chi connectivity index (χ0) is 7.40. The van der Waals surface area contributed by atoms with Crippen LogP contribution in [-0.2, 0) is 0 Å². The van der Waals surface area contributed by atoms with Gasteiger partial charge in [0.15, 0.2) is 0 Å². The Bertz CT molecular complexity index is 87.6. The number of hydrogen-bond acceptors (Lipinski definition) is 1. The molecule has 0 spiro atoms. The van der Waals surface area contributed by atoms with Gasteiger partial charge in [-0.2, -0.15) is 0 Å². The molecule has 1 aliphatic carbocycles. The monoisotopic (exact) mass is 177 g/mol. The van der Waals surface area contributed by atoms with Gasteiger partial charge in [-0.3, -0.25) is 0 Å². The summed E-state index contributed by atoms with van der Waals surface area (Å²) in [6.07, 6.45) is 8.08. The molecule has 0 unspecified atom stereocenters. The van der Waals surface area contributed by atoms with Crippen LogP contribution in [-0.4, -0.2) is 6.04 Å². The van der Waals surface area contributed by atoms with Gasteiger partial charge in [-0.1, -0.05) is 19.8 Å². The largest absolute Gasteiger partial charge is 0.328 e. The number of nitrogens with two attached hydrogens (primary N) is 1. The zero-order valence-corrected chi connectivity index (χ0v) is 8.20. The van der Waals surface area contributed by atoms with Crippen LogP contribution in [0.3, 0.4) is 0 Å². The van der Waals surface area contributed by atoms with Crippen molar-refractivity contribution in [3.63, 3.8) is 0 Å². The van der Waals surface area contributed by atoms with Crippen LogP contribution < -0.4 is 5.73 Å². The summed E-state index contributed by atoms with van der Waals surface area (Å²) in [7, 11) is 0. The SMILES string of the molecule is CCCC1CCC(N)CC1.Cl. The summed E-state index contributed by atoms with van der Waals surface area (Å²) in [5.41, 5.74) is 5.79. The van der Waals surface area contributed by atoms with Crippen LogP contribution in [0, 0.1) is 5.92 Å². The molecular weight excluding hydrogens is 158 g/mol. The molecule has 2 heteroatoms. The molecule has 0 aromatic carbocycles. The third-order valence-electron chi connectivity index (χ3n) is 2.59. The average molecular weight is 178 g/mol. The van der Waals surface area contributed by atoms with E-state index in [4.69, 9.17) is 5.73 Å². The summed E-state index contributed by atoms with van der Waals surface area (Å²) in [5, 5.41) is 0. The second-order valence-corrected chi connectivity index (χ2v) is 3.57. The van der Waals surface area contributed by atoms with Crippen molar-refractivity contribution in [1.29, 1.82) is 0 Å². The van der Waals surface area contributed by atoms with Gasteiger partial charge in [0.2, 0.25) is 0 Å². The van der Waals surface area contributed by atoms with E-state index in [1.165, 1.54) is 38.5 Å². The first-order valence-corrected chi connectivity index (χ1v) is 4.58. The van der Waals surface area contributed by atoms with E-state index in [0.717, 1.165) is 5.92 Å². The van der Waals surface area contributed by atoms with Crippen molar-refractivity contribution in [2.75, 3.05) is 0 Å². The third kappa shape index (κ3) is 3.97. The van der Waals surface area contributed by atoms with E-state index < -0.39 is 0 Å². The molecule has 1 nitrogen and oxygen atoms in total. The van der Waals surface area contributed by atoms with Gasteiger partial charge in [0.1, 0.15) is 0 Å². The summed E-state index contributed by atoms with van der Waals surface area (Å²) in [6, 6.07) is 0.521. The minimum Gasteiger partial charge on any atom is -0.328 e. The molecule has 0 amide bonds. The quantitative estimate of drug-likeness (QED) is 0.690. The smallest absolute Gasteiger partial charge is 0.00390 e. The highest BCUT2D eigenvalue weighted by Crippen LogP contribution is 2.26. The fourth-order valence-corrected chi connectivity index (χ4v) is 1.89. The van der Waals surface area contributed by atoms with Gasteiger partial charge in [0.25, 0.3) is 0 Å². The molecule has 0 aromatic heterocycles. The molecule has 1 fully saturated rings. The van der Waals surface area contributed by atoms with Gasteiger partial charge >= 0.3 is 0 Å². The molecule has 2 N–H and O–H groups in total. The van der Waals surface area contributed by atoms with Crippen LogP contribution in [0.2, 0.25) is 0 Å². The first-order valence-electron chi connectivity index (χ1n) is 4.58. The first-order chi connectivity index (χ1) is 4.83. The third-order valence-corrected chi connectivity index (χ3v) is 2.59. The van der Waals surface area contributed by atoms with Crippen LogP contribution in [0.25, 0.3) is 0 Å². The molecule has 68 valence electrons. The molecule has 0 heterocycles. The highest BCUT2D eigenvalue weighted by atomic mass is 35.5. The van der Waals surface area contributed by atoms with Gasteiger partial charge in [-0.25, -0.2) is 0 Å².